The van der Waals surface area contributed by atoms with E-state index in [2.05, 4.69) is 412 Å². The smallest absolute Gasteiger partial charge is 0.252 e. The molecule has 2 aliphatic rings. The summed E-state index contributed by atoms with van der Waals surface area (Å²) in [5.74, 6) is 0. The summed E-state index contributed by atoms with van der Waals surface area (Å²) in [4.78, 5) is 5.46. The van der Waals surface area contributed by atoms with Gasteiger partial charge in [0.05, 0.1) is 61.2 Å². The van der Waals surface area contributed by atoms with Crippen LogP contribution in [0.15, 0.2) is 273 Å². The van der Waals surface area contributed by atoms with Crippen molar-refractivity contribution in [2.45, 2.75) is 132 Å². The van der Waals surface area contributed by atoms with E-state index in [4.69, 9.17) is 0 Å². The number of aryl methyl sites for hydroxylation is 4. The second-order valence-corrected chi connectivity index (χ2v) is 36.2. The van der Waals surface area contributed by atoms with Gasteiger partial charge in [0.2, 0.25) is 0 Å². The molecule has 0 radical (unpaired) electrons. The third-order valence-corrected chi connectivity index (χ3v) is 24.4. The molecule has 20 rings (SSSR count). The van der Waals surface area contributed by atoms with E-state index in [-0.39, 0.29) is 28.4 Å². The monoisotopic (exact) mass is 1440 g/mol. The molecule has 0 N–H and O–H groups in total. The first-order chi connectivity index (χ1) is 53.2. The number of hydrogen-bond donors (Lipinski definition) is 0. The van der Waals surface area contributed by atoms with Gasteiger partial charge in [-0.25, -0.2) is 0 Å². The Morgan fingerprint density at radius 1 is 0.225 bits per heavy atom. The zero-order valence-electron chi connectivity index (χ0n) is 66.7. The van der Waals surface area contributed by atoms with Gasteiger partial charge in [-0.15, -0.1) is 0 Å². The first-order valence-electron chi connectivity index (χ1n) is 39.7. The fraction of sp³-hybridized carbons (Fsp3) is 0.192. The first-order valence-corrected chi connectivity index (χ1v) is 39.7. The molecule has 0 spiro atoms. The molecule has 0 saturated heterocycles. The average Bonchev–Trinajstić information content (AvgIpc) is 1.63. The maximum atomic E-state index is 2.73. The number of hydrogen-bond acceptors (Lipinski definition) is 2. The standard InChI is InChI=1S/C104H93BN6/c1-62-35-43-90-78(47-62)82-49-64(3)51-96(99(82)108(90)72-27-19-17-20-28-72)110-92-55-66(67-53-70(103(11,12)13)56-71(54-67)104(14,15)16)37-41-84(92)105-85-42-40-74(106-88-45-38-68(101(5,6)7)57-80(88)81-58-69(102(8,9)10)39-46-89(81)106)59-93(85)111(95-61-75(60-94(110)98(95)105)107-86-33-25-23-31-76(86)77-32-24-26-34-87(77)107)97-52-65(4)50-83-79-48-63(2)36-44-91(79)109(100(83)97)73-29-21-18-22-30-73/h17-61H,1-16H3. The van der Waals surface area contributed by atoms with Crippen molar-refractivity contribution < 1.29 is 0 Å². The van der Waals surface area contributed by atoms with Gasteiger partial charge in [0.15, 0.2) is 0 Å². The van der Waals surface area contributed by atoms with Gasteiger partial charge >= 0.3 is 0 Å². The molecule has 6 heterocycles. The SMILES string of the molecule is Cc1ccc2c(c1)c1cc(C)cc(N3c4cc(-c5cc(C(C)(C)C)cc(C(C)(C)C)c5)ccc4B4c5ccc(-n6c7ccc(C(C)(C)C)cc7c7cc(C(C)(C)C)ccc76)cc5N(c5cc(C)cc6c7cc(C)ccc7n(-c7ccccc7)c56)c5cc(-n6c7ccccc7c7ccccc76)cc3c54)c1n2-c1ccccc1. The molecule has 2 aliphatic heterocycles. The molecule has 7 heteroatoms. The zero-order valence-corrected chi connectivity index (χ0v) is 66.7. The second kappa shape index (κ2) is 24.2. The van der Waals surface area contributed by atoms with E-state index in [0.29, 0.717) is 0 Å². The van der Waals surface area contributed by atoms with Gasteiger partial charge in [-0.1, -0.05) is 228 Å². The van der Waals surface area contributed by atoms with Crippen molar-refractivity contribution in [3.05, 3.63) is 317 Å². The van der Waals surface area contributed by atoms with Gasteiger partial charge in [0, 0.05) is 82.9 Å². The molecule has 4 aromatic heterocycles. The van der Waals surface area contributed by atoms with E-state index in [9.17, 15) is 0 Å². The minimum Gasteiger partial charge on any atom is -0.309 e. The van der Waals surface area contributed by atoms with Crippen LogP contribution < -0.4 is 26.2 Å². The molecule has 6 nitrogen and oxygen atoms in total. The molecule has 0 unspecified atom stereocenters. The molecule has 542 valence electrons. The molecule has 18 aromatic rings. The van der Waals surface area contributed by atoms with Gasteiger partial charge in [0.1, 0.15) is 0 Å². The predicted octanol–water partition coefficient (Wildman–Crippen LogP) is 26.2. The van der Waals surface area contributed by atoms with Crippen molar-refractivity contribution >= 4 is 144 Å². The van der Waals surface area contributed by atoms with Crippen LogP contribution in [-0.2, 0) is 21.7 Å². The Bertz CT molecular complexity index is 6830. The lowest BCUT2D eigenvalue weighted by molar-refractivity contribution is 0.569. The molecule has 14 aromatic carbocycles. The number of anilines is 6. The molecular formula is C104H93BN6. The lowest BCUT2D eigenvalue weighted by Crippen LogP contribution is -2.61. The third kappa shape index (κ3) is 10.6. The number of benzene rings is 14. The lowest BCUT2D eigenvalue weighted by atomic mass is 9.33. The minimum absolute atomic E-state index is 0.0653. The van der Waals surface area contributed by atoms with Crippen molar-refractivity contribution in [3.8, 4) is 33.9 Å². The Morgan fingerprint density at radius 2 is 0.604 bits per heavy atom. The van der Waals surface area contributed by atoms with Crippen LogP contribution in [0.1, 0.15) is 128 Å². The molecule has 0 saturated carbocycles. The minimum atomic E-state index is -0.262. The highest BCUT2D eigenvalue weighted by Crippen LogP contribution is 2.53. The predicted molar refractivity (Wildman–Crippen MR) is 477 cm³/mol. The van der Waals surface area contributed by atoms with Crippen LogP contribution in [0.2, 0.25) is 0 Å². The highest BCUT2D eigenvalue weighted by molar-refractivity contribution is 7.00. The van der Waals surface area contributed by atoms with Crippen molar-refractivity contribution in [2.24, 2.45) is 0 Å². The lowest BCUT2D eigenvalue weighted by Gasteiger charge is -2.45. The van der Waals surface area contributed by atoms with Crippen molar-refractivity contribution in [2.75, 3.05) is 9.80 Å². The Hall–Kier alpha value is -12.1. The van der Waals surface area contributed by atoms with Gasteiger partial charge in [-0.2, -0.15) is 0 Å². The van der Waals surface area contributed by atoms with E-state index in [1.54, 1.807) is 0 Å². The second-order valence-electron chi connectivity index (χ2n) is 36.2. The Morgan fingerprint density at radius 3 is 1.07 bits per heavy atom. The number of rotatable bonds is 7. The van der Waals surface area contributed by atoms with E-state index >= 15 is 0 Å². The van der Waals surface area contributed by atoms with Crippen molar-refractivity contribution in [1.29, 1.82) is 0 Å². The van der Waals surface area contributed by atoms with Crippen LogP contribution in [0.5, 0.6) is 0 Å². The van der Waals surface area contributed by atoms with Crippen molar-refractivity contribution in [1.82, 2.24) is 18.3 Å². The summed E-state index contributed by atoms with van der Waals surface area (Å²) >= 11 is 0. The summed E-state index contributed by atoms with van der Waals surface area (Å²) in [6, 6.07) is 106. The van der Waals surface area contributed by atoms with Gasteiger partial charge in [0.25, 0.3) is 6.71 Å². The summed E-state index contributed by atoms with van der Waals surface area (Å²) in [6.07, 6.45) is 0. The van der Waals surface area contributed by atoms with Crippen molar-refractivity contribution in [3.63, 3.8) is 0 Å². The molecule has 111 heavy (non-hydrogen) atoms. The van der Waals surface area contributed by atoms with Gasteiger partial charge in [-0.3, -0.25) is 0 Å². The molecule has 0 aliphatic carbocycles. The van der Waals surface area contributed by atoms with E-state index in [1.165, 1.54) is 137 Å². The van der Waals surface area contributed by atoms with Crippen LogP contribution in [0, 0.1) is 27.7 Å². The summed E-state index contributed by atoms with van der Waals surface area (Å²) < 4.78 is 10.3. The first kappa shape index (κ1) is 68.2. The van der Waals surface area contributed by atoms with Crippen LogP contribution >= 0.6 is 0 Å². The highest BCUT2D eigenvalue weighted by atomic mass is 15.2. The summed E-state index contributed by atoms with van der Waals surface area (Å²) in [6.45, 7) is 37.0. The van der Waals surface area contributed by atoms with Gasteiger partial charge < -0.3 is 28.1 Å². The van der Waals surface area contributed by atoms with Crippen LogP contribution in [0.4, 0.5) is 34.1 Å². The Labute approximate surface area is 652 Å². The third-order valence-electron chi connectivity index (χ3n) is 24.4. The normalized spacial score (nSPS) is 13.4. The fourth-order valence-electron chi connectivity index (χ4n) is 18.8. The summed E-state index contributed by atoms with van der Waals surface area (Å²) in [5, 5.41) is 9.83. The van der Waals surface area contributed by atoms with E-state index < -0.39 is 0 Å². The maximum absolute atomic E-state index is 2.73. The Balaban J connectivity index is 0.989. The summed E-state index contributed by atoms with van der Waals surface area (Å²) in [7, 11) is 0. The number of para-hydroxylation sites is 4. The van der Waals surface area contributed by atoms with Gasteiger partial charge in [-0.05, 0) is 250 Å². The van der Waals surface area contributed by atoms with Crippen LogP contribution in [0.3, 0.4) is 0 Å². The quantitative estimate of drug-likeness (QED) is 0.149. The largest absolute Gasteiger partial charge is 0.309 e. The average molecular weight is 1440 g/mol. The summed E-state index contributed by atoms with van der Waals surface area (Å²) in [5.41, 5.74) is 36.3. The van der Waals surface area contributed by atoms with Crippen LogP contribution in [0.25, 0.3) is 121 Å². The number of nitrogens with zero attached hydrogens (tertiary/aromatic N) is 6. The fourth-order valence-corrected chi connectivity index (χ4v) is 18.8. The van der Waals surface area contributed by atoms with E-state index in [1.807, 2.05) is 0 Å². The molecule has 0 amide bonds. The topological polar surface area (TPSA) is 26.2 Å². The maximum Gasteiger partial charge on any atom is 0.252 e. The molecule has 0 fully saturated rings. The zero-order chi connectivity index (χ0) is 76.4. The van der Waals surface area contributed by atoms with E-state index in [0.717, 1.165) is 78.9 Å². The number of fused-ring (bicyclic) bond motifs is 16. The molecular weight excluding hydrogens is 1340 g/mol. The highest BCUT2D eigenvalue weighted by Gasteiger charge is 2.46. The van der Waals surface area contributed by atoms with Crippen LogP contribution in [-0.4, -0.2) is 25.0 Å². The number of aromatic nitrogens is 4. The molecule has 0 bridgehead atoms. The molecule has 0 atom stereocenters. The Kier molecular flexibility index (Phi) is 14.9.